The Bertz CT molecular complexity index is 763. The number of aromatic nitrogens is 2. The summed E-state index contributed by atoms with van der Waals surface area (Å²) >= 11 is 0. The molecule has 1 aliphatic heterocycles. The van der Waals surface area contributed by atoms with Gasteiger partial charge in [0.25, 0.3) is 0 Å². The smallest absolute Gasteiger partial charge is 0.229 e. The number of carbonyl (C=O) groups is 2. The van der Waals surface area contributed by atoms with Crippen molar-refractivity contribution in [3.8, 4) is 0 Å². The first kappa shape index (κ1) is 16.9. The minimum atomic E-state index is -0.369. The zero-order valence-corrected chi connectivity index (χ0v) is 14.3. The lowest BCUT2D eigenvalue weighted by Gasteiger charge is -2.18. The molecule has 1 aromatic heterocycles. The molecule has 7 nitrogen and oxygen atoms in total. The van der Waals surface area contributed by atoms with Gasteiger partial charge >= 0.3 is 0 Å². The Hall–Kier alpha value is -2.96. The Labute approximate surface area is 146 Å². The normalized spacial score (nSPS) is 16.8. The molecule has 0 saturated carbocycles. The third-order valence-electron chi connectivity index (χ3n) is 4.17. The first-order valence-electron chi connectivity index (χ1n) is 8.14. The maximum Gasteiger partial charge on any atom is 0.229 e. The Morgan fingerprint density at radius 1 is 1.32 bits per heavy atom. The van der Waals surface area contributed by atoms with Gasteiger partial charge in [-0.25, -0.2) is 9.97 Å². The molecule has 2 amide bonds. The standard InChI is InChI=1S/C18H21N5O2/c1-22(2)17-15(9-19-12-20-17)21-18(25)14-8-16(24)23(11-14)10-13-6-4-3-5-7-13/h3-7,9,12,14H,8,10-11H2,1-2H3,(H,21,25). The van der Waals surface area contributed by atoms with Gasteiger partial charge in [-0.3, -0.25) is 9.59 Å². The fraction of sp³-hybridized carbons (Fsp3) is 0.333. The van der Waals surface area contributed by atoms with Gasteiger partial charge in [0.2, 0.25) is 11.8 Å². The van der Waals surface area contributed by atoms with Crippen LogP contribution in [0.5, 0.6) is 0 Å². The number of amides is 2. The summed E-state index contributed by atoms with van der Waals surface area (Å²) in [5.74, 6) is 0.0863. The minimum absolute atomic E-state index is 0.00106. The summed E-state index contributed by atoms with van der Waals surface area (Å²) in [6.07, 6.45) is 3.23. The molecular weight excluding hydrogens is 318 g/mol. The number of nitrogens with one attached hydrogen (secondary N) is 1. The molecule has 0 aliphatic carbocycles. The molecule has 1 N–H and O–H groups in total. The van der Waals surface area contributed by atoms with Crippen molar-refractivity contribution < 1.29 is 9.59 Å². The summed E-state index contributed by atoms with van der Waals surface area (Å²) in [6, 6.07) is 9.78. The number of likely N-dealkylation sites (tertiary alicyclic amines) is 1. The quantitative estimate of drug-likeness (QED) is 0.894. The molecule has 3 rings (SSSR count). The van der Waals surface area contributed by atoms with Gasteiger partial charge in [-0.1, -0.05) is 30.3 Å². The number of carbonyl (C=O) groups excluding carboxylic acids is 2. The van der Waals surface area contributed by atoms with E-state index in [1.807, 2.05) is 44.4 Å². The molecule has 0 bridgehead atoms. The van der Waals surface area contributed by atoms with Crippen molar-refractivity contribution in [2.75, 3.05) is 30.9 Å². The van der Waals surface area contributed by atoms with E-state index in [1.165, 1.54) is 6.33 Å². The number of benzene rings is 1. The van der Waals surface area contributed by atoms with Crippen LogP contribution in [0.4, 0.5) is 11.5 Å². The molecule has 0 radical (unpaired) electrons. The highest BCUT2D eigenvalue weighted by Crippen LogP contribution is 2.24. The monoisotopic (exact) mass is 339 g/mol. The number of anilines is 2. The number of hydrogen-bond acceptors (Lipinski definition) is 5. The fourth-order valence-corrected chi connectivity index (χ4v) is 2.91. The number of hydrogen-bond donors (Lipinski definition) is 1. The molecule has 25 heavy (non-hydrogen) atoms. The van der Waals surface area contributed by atoms with Crippen LogP contribution in [0.3, 0.4) is 0 Å². The van der Waals surface area contributed by atoms with Gasteiger partial charge in [-0.2, -0.15) is 0 Å². The van der Waals surface area contributed by atoms with Crippen LogP contribution < -0.4 is 10.2 Å². The summed E-state index contributed by atoms with van der Waals surface area (Å²) in [6.45, 7) is 0.950. The predicted octanol–water partition coefficient (Wildman–Crippen LogP) is 1.53. The fourth-order valence-electron chi connectivity index (χ4n) is 2.91. The van der Waals surface area contributed by atoms with Crippen LogP contribution in [0.1, 0.15) is 12.0 Å². The summed E-state index contributed by atoms with van der Waals surface area (Å²) in [5.41, 5.74) is 1.61. The van der Waals surface area contributed by atoms with E-state index >= 15 is 0 Å². The Balaban J connectivity index is 1.65. The second-order valence-electron chi connectivity index (χ2n) is 6.30. The van der Waals surface area contributed by atoms with Crippen molar-refractivity contribution in [2.45, 2.75) is 13.0 Å². The lowest BCUT2D eigenvalue weighted by Crippen LogP contribution is -2.28. The van der Waals surface area contributed by atoms with Gasteiger partial charge in [0.1, 0.15) is 12.0 Å². The molecule has 1 aromatic carbocycles. The zero-order valence-electron chi connectivity index (χ0n) is 14.3. The maximum atomic E-state index is 12.6. The van der Waals surface area contributed by atoms with Crippen molar-refractivity contribution >= 4 is 23.3 Å². The van der Waals surface area contributed by atoms with Gasteiger partial charge < -0.3 is 15.1 Å². The van der Waals surface area contributed by atoms with E-state index in [9.17, 15) is 9.59 Å². The maximum absolute atomic E-state index is 12.6. The van der Waals surface area contributed by atoms with Gasteiger partial charge in [-0.05, 0) is 5.56 Å². The lowest BCUT2D eigenvalue weighted by atomic mass is 10.1. The van der Waals surface area contributed by atoms with Crippen LogP contribution in [-0.4, -0.2) is 47.3 Å². The van der Waals surface area contributed by atoms with Crippen LogP contribution in [-0.2, 0) is 16.1 Å². The van der Waals surface area contributed by atoms with Crippen molar-refractivity contribution in [1.82, 2.24) is 14.9 Å². The molecule has 2 heterocycles. The molecular formula is C18H21N5O2. The van der Waals surface area contributed by atoms with E-state index < -0.39 is 0 Å². The van der Waals surface area contributed by atoms with E-state index in [1.54, 1.807) is 16.0 Å². The molecule has 130 valence electrons. The van der Waals surface area contributed by atoms with E-state index in [0.717, 1.165) is 5.56 Å². The van der Waals surface area contributed by atoms with Crippen LogP contribution in [0.15, 0.2) is 42.9 Å². The molecule has 1 unspecified atom stereocenters. The molecule has 1 aliphatic rings. The largest absolute Gasteiger partial charge is 0.361 e. The second-order valence-corrected chi connectivity index (χ2v) is 6.30. The SMILES string of the molecule is CN(C)c1ncncc1NC(=O)C1CC(=O)N(Cc2ccccc2)C1. The predicted molar refractivity (Wildman–Crippen MR) is 95.0 cm³/mol. The molecule has 1 atom stereocenters. The van der Waals surface area contributed by atoms with Gasteiger partial charge in [0.05, 0.1) is 12.1 Å². The Kier molecular flexibility index (Phi) is 4.92. The average molecular weight is 339 g/mol. The van der Waals surface area contributed by atoms with Crippen LogP contribution in [0.2, 0.25) is 0 Å². The Morgan fingerprint density at radius 3 is 2.80 bits per heavy atom. The zero-order chi connectivity index (χ0) is 17.8. The van der Waals surface area contributed by atoms with Gasteiger partial charge in [0.15, 0.2) is 5.82 Å². The van der Waals surface area contributed by atoms with Crippen molar-refractivity contribution in [3.05, 3.63) is 48.4 Å². The highest BCUT2D eigenvalue weighted by Gasteiger charge is 2.34. The summed E-state index contributed by atoms with van der Waals surface area (Å²) in [4.78, 5) is 36.5. The Morgan fingerprint density at radius 2 is 2.08 bits per heavy atom. The van der Waals surface area contributed by atoms with Crippen LogP contribution in [0, 0.1) is 5.92 Å². The van der Waals surface area contributed by atoms with Gasteiger partial charge in [-0.15, -0.1) is 0 Å². The number of rotatable bonds is 5. The molecule has 0 spiro atoms. The van der Waals surface area contributed by atoms with E-state index in [0.29, 0.717) is 24.6 Å². The highest BCUT2D eigenvalue weighted by atomic mass is 16.2. The highest BCUT2D eigenvalue weighted by molar-refractivity contribution is 5.98. The van der Waals surface area contributed by atoms with Crippen LogP contribution >= 0.6 is 0 Å². The summed E-state index contributed by atoms with van der Waals surface area (Å²) in [5, 5.41) is 2.85. The van der Waals surface area contributed by atoms with Crippen LogP contribution in [0.25, 0.3) is 0 Å². The van der Waals surface area contributed by atoms with E-state index in [4.69, 9.17) is 0 Å². The van der Waals surface area contributed by atoms with Crippen molar-refractivity contribution in [2.24, 2.45) is 5.92 Å². The van der Waals surface area contributed by atoms with Gasteiger partial charge in [0, 0.05) is 33.6 Å². The average Bonchev–Trinajstić information content (AvgIpc) is 2.97. The van der Waals surface area contributed by atoms with Crippen molar-refractivity contribution in [3.63, 3.8) is 0 Å². The molecule has 7 heteroatoms. The molecule has 1 fully saturated rings. The summed E-state index contributed by atoms with van der Waals surface area (Å²) < 4.78 is 0. The second kappa shape index (κ2) is 7.29. The first-order valence-corrected chi connectivity index (χ1v) is 8.14. The topological polar surface area (TPSA) is 78.4 Å². The third kappa shape index (κ3) is 3.93. The lowest BCUT2D eigenvalue weighted by molar-refractivity contribution is -0.128. The van der Waals surface area contributed by atoms with E-state index in [-0.39, 0.29) is 24.2 Å². The van der Waals surface area contributed by atoms with Crippen molar-refractivity contribution in [1.29, 1.82) is 0 Å². The number of nitrogens with zero attached hydrogens (tertiary/aromatic N) is 4. The minimum Gasteiger partial charge on any atom is -0.361 e. The molecule has 2 aromatic rings. The van der Waals surface area contributed by atoms with E-state index in [2.05, 4.69) is 15.3 Å². The first-order chi connectivity index (χ1) is 12.0. The third-order valence-corrected chi connectivity index (χ3v) is 4.17. The summed E-state index contributed by atoms with van der Waals surface area (Å²) in [7, 11) is 3.69. The molecule has 1 saturated heterocycles.